The van der Waals surface area contributed by atoms with E-state index in [1.807, 2.05) is 0 Å². The number of thioether (sulfide) groups is 1. The fourth-order valence-corrected chi connectivity index (χ4v) is 5.43. The summed E-state index contributed by atoms with van der Waals surface area (Å²) in [6.45, 7) is 0. The van der Waals surface area contributed by atoms with Gasteiger partial charge in [0.15, 0.2) is 15.5 Å². The molecule has 2 aromatic rings. The minimum atomic E-state index is -3.14. The lowest BCUT2D eigenvalue weighted by molar-refractivity contribution is 0.207. The van der Waals surface area contributed by atoms with Crippen LogP contribution in [0.3, 0.4) is 0 Å². The molecule has 1 aliphatic rings. The van der Waals surface area contributed by atoms with Crippen LogP contribution in [0.15, 0.2) is 17.7 Å². The van der Waals surface area contributed by atoms with Gasteiger partial charge < -0.3 is 10.1 Å². The molecule has 1 fully saturated rings. The van der Waals surface area contributed by atoms with E-state index in [0.717, 1.165) is 0 Å². The number of aliphatic hydroxyl groups excluding tert-OH is 1. The molecule has 3 heterocycles. The molecule has 2 aromatic heterocycles. The van der Waals surface area contributed by atoms with Crippen molar-refractivity contribution in [3.05, 3.63) is 12.7 Å². The largest absolute Gasteiger partial charge is 0.391 e. The number of rotatable bonds is 2. The lowest BCUT2D eigenvalue weighted by Gasteiger charge is -2.11. The zero-order valence-corrected chi connectivity index (χ0v) is 10.8. The summed E-state index contributed by atoms with van der Waals surface area (Å²) in [5.74, 6) is -0.208. The number of aliphatic hydroxyl groups is 1. The van der Waals surface area contributed by atoms with Crippen LogP contribution in [0.1, 0.15) is 0 Å². The third-order valence-electron chi connectivity index (χ3n) is 2.72. The maximum absolute atomic E-state index is 11.4. The summed E-state index contributed by atoms with van der Waals surface area (Å²) in [6.07, 6.45) is 2.03. The quantitative estimate of drug-likeness (QED) is 0.723. The Labute approximate surface area is 107 Å². The number of sulfone groups is 1. The molecule has 2 unspecified atom stereocenters. The number of aromatic nitrogens is 4. The lowest BCUT2D eigenvalue weighted by Crippen LogP contribution is -2.20. The molecule has 1 saturated heterocycles. The van der Waals surface area contributed by atoms with E-state index in [2.05, 4.69) is 19.9 Å². The third-order valence-corrected chi connectivity index (χ3v) is 5.97. The average molecular weight is 286 g/mol. The van der Waals surface area contributed by atoms with Gasteiger partial charge in [-0.1, -0.05) is 11.8 Å². The summed E-state index contributed by atoms with van der Waals surface area (Å²) in [4.78, 5) is 15.0. The Bertz CT molecular complexity index is 684. The van der Waals surface area contributed by atoms with Gasteiger partial charge in [-0.2, -0.15) is 0 Å². The van der Waals surface area contributed by atoms with Crippen molar-refractivity contribution in [2.75, 3.05) is 11.5 Å². The van der Waals surface area contributed by atoms with Gasteiger partial charge in [0, 0.05) is 0 Å². The van der Waals surface area contributed by atoms with Crippen molar-refractivity contribution in [1.82, 2.24) is 19.9 Å². The van der Waals surface area contributed by atoms with Gasteiger partial charge in [0.25, 0.3) is 0 Å². The molecule has 2 N–H and O–H groups in total. The summed E-state index contributed by atoms with van der Waals surface area (Å²) < 4.78 is 22.9. The predicted molar refractivity (Wildman–Crippen MR) is 66.0 cm³/mol. The van der Waals surface area contributed by atoms with Gasteiger partial charge >= 0.3 is 0 Å². The Kier molecular flexibility index (Phi) is 2.76. The molecule has 0 bridgehead atoms. The number of fused-ring (bicyclic) bond motifs is 1. The van der Waals surface area contributed by atoms with Crippen molar-refractivity contribution in [3.63, 3.8) is 0 Å². The van der Waals surface area contributed by atoms with Crippen LogP contribution in [-0.4, -0.2) is 56.3 Å². The maximum atomic E-state index is 11.4. The Hall–Kier alpha value is -1.19. The number of hydrogen-bond acceptors (Lipinski definition) is 7. The number of nitrogens with zero attached hydrogens (tertiary/aromatic N) is 3. The summed E-state index contributed by atoms with van der Waals surface area (Å²) in [5.41, 5.74) is 1.20. The second kappa shape index (κ2) is 4.18. The van der Waals surface area contributed by atoms with Gasteiger partial charge in [-0.25, -0.2) is 23.4 Å². The van der Waals surface area contributed by atoms with Crippen LogP contribution in [-0.2, 0) is 9.84 Å². The van der Waals surface area contributed by atoms with Crippen LogP contribution in [0, 0.1) is 0 Å². The van der Waals surface area contributed by atoms with E-state index in [9.17, 15) is 13.5 Å². The van der Waals surface area contributed by atoms with Gasteiger partial charge in [-0.05, 0) is 0 Å². The summed E-state index contributed by atoms with van der Waals surface area (Å²) in [5, 5.41) is 9.96. The second-order valence-corrected chi connectivity index (χ2v) is 7.46. The minimum Gasteiger partial charge on any atom is -0.391 e. The second-order valence-electron chi connectivity index (χ2n) is 4.08. The van der Waals surface area contributed by atoms with Crippen LogP contribution in [0.25, 0.3) is 11.2 Å². The smallest absolute Gasteiger partial charge is 0.181 e. The molecule has 0 aromatic carbocycles. The van der Waals surface area contributed by atoms with Crippen LogP contribution < -0.4 is 0 Å². The van der Waals surface area contributed by atoms with Crippen LogP contribution in [0.2, 0.25) is 0 Å². The molecule has 0 radical (unpaired) electrons. The first-order chi connectivity index (χ1) is 8.55. The number of nitrogens with one attached hydrogen (secondary N) is 1. The number of H-pyrrole nitrogens is 1. The monoisotopic (exact) mass is 286 g/mol. The van der Waals surface area contributed by atoms with Crippen LogP contribution >= 0.6 is 11.8 Å². The van der Waals surface area contributed by atoms with E-state index in [4.69, 9.17) is 0 Å². The molecule has 7 nitrogen and oxygen atoms in total. The molecule has 96 valence electrons. The van der Waals surface area contributed by atoms with Crippen molar-refractivity contribution in [2.24, 2.45) is 0 Å². The zero-order chi connectivity index (χ0) is 12.8. The van der Waals surface area contributed by atoms with E-state index in [1.54, 1.807) is 0 Å². The van der Waals surface area contributed by atoms with Crippen molar-refractivity contribution in [2.45, 2.75) is 16.4 Å². The van der Waals surface area contributed by atoms with Gasteiger partial charge in [0.05, 0.1) is 29.2 Å². The van der Waals surface area contributed by atoms with Crippen molar-refractivity contribution in [1.29, 1.82) is 0 Å². The van der Waals surface area contributed by atoms with E-state index in [-0.39, 0.29) is 11.5 Å². The van der Waals surface area contributed by atoms with E-state index < -0.39 is 21.2 Å². The Morgan fingerprint density at radius 3 is 2.89 bits per heavy atom. The molecule has 18 heavy (non-hydrogen) atoms. The number of imidazole rings is 1. The highest BCUT2D eigenvalue weighted by Gasteiger charge is 2.37. The highest BCUT2D eigenvalue weighted by molar-refractivity contribution is 8.02. The standard InChI is InChI=1S/C9H10N4O3S2/c14-5-1-18(15,16)2-6(5)17-9-7-8(11-3-10-7)12-4-13-9/h3-6,14H,1-2H2,(H,10,11,12,13). The van der Waals surface area contributed by atoms with Gasteiger partial charge in [-0.15, -0.1) is 0 Å². The van der Waals surface area contributed by atoms with Crippen LogP contribution in [0.4, 0.5) is 0 Å². The maximum Gasteiger partial charge on any atom is 0.181 e. The molecule has 0 saturated carbocycles. The Morgan fingerprint density at radius 2 is 2.17 bits per heavy atom. The first kappa shape index (κ1) is 11.9. The van der Waals surface area contributed by atoms with Gasteiger partial charge in [0.2, 0.25) is 0 Å². The highest BCUT2D eigenvalue weighted by atomic mass is 32.2. The lowest BCUT2D eigenvalue weighted by atomic mass is 10.3. The SMILES string of the molecule is O=S1(=O)CC(O)C(Sc2ncnc3nc[nH]c23)C1. The van der Waals surface area contributed by atoms with E-state index >= 15 is 0 Å². The highest BCUT2D eigenvalue weighted by Crippen LogP contribution is 2.32. The zero-order valence-electron chi connectivity index (χ0n) is 9.15. The van der Waals surface area contributed by atoms with Crippen molar-refractivity contribution >= 4 is 32.8 Å². The first-order valence-electron chi connectivity index (χ1n) is 5.24. The van der Waals surface area contributed by atoms with Crippen LogP contribution in [0.5, 0.6) is 0 Å². The molecule has 0 aliphatic carbocycles. The molecular weight excluding hydrogens is 276 g/mol. The average Bonchev–Trinajstić information content (AvgIpc) is 2.84. The predicted octanol–water partition coefficient (Wildman–Crippen LogP) is -0.397. The summed E-state index contributed by atoms with van der Waals surface area (Å²) in [6, 6.07) is 0. The Balaban J connectivity index is 1.91. The topological polar surface area (TPSA) is 109 Å². The molecule has 3 rings (SSSR count). The summed E-state index contributed by atoms with van der Waals surface area (Å²) in [7, 11) is -3.14. The molecule has 1 aliphatic heterocycles. The molecule has 0 spiro atoms. The van der Waals surface area contributed by atoms with Gasteiger partial charge in [-0.3, -0.25) is 0 Å². The van der Waals surface area contributed by atoms with Gasteiger partial charge in [0.1, 0.15) is 16.9 Å². The molecule has 2 atom stereocenters. The first-order valence-corrected chi connectivity index (χ1v) is 7.94. The molecule has 9 heteroatoms. The van der Waals surface area contributed by atoms with E-state index in [0.29, 0.717) is 16.2 Å². The number of hydrogen-bond donors (Lipinski definition) is 2. The van der Waals surface area contributed by atoms with Crippen molar-refractivity contribution < 1.29 is 13.5 Å². The number of aromatic amines is 1. The molecule has 0 amide bonds. The van der Waals surface area contributed by atoms with Crippen molar-refractivity contribution in [3.8, 4) is 0 Å². The van der Waals surface area contributed by atoms with E-state index in [1.165, 1.54) is 24.4 Å². The fourth-order valence-electron chi connectivity index (χ4n) is 1.89. The Morgan fingerprint density at radius 1 is 1.33 bits per heavy atom. The normalized spacial score (nSPS) is 26.7. The summed E-state index contributed by atoms with van der Waals surface area (Å²) >= 11 is 1.24. The molecular formula is C9H10N4O3S2. The third kappa shape index (κ3) is 2.08. The fraction of sp³-hybridized carbons (Fsp3) is 0.444. The minimum absolute atomic E-state index is 0.0293.